The summed E-state index contributed by atoms with van der Waals surface area (Å²) in [6.07, 6.45) is 0.247. The lowest BCUT2D eigenvalue weighted by Gasteiger charge is -2.26. The highest BCUT2D eigenvalue weighted by atomic mass is 19.4. The fraction of sp³-hybridized carbons (Fsp3) is 0.348. The quantitative estimate of drug-likeness (QED) is 0.378. The Balaban J connectivity index is 1.40. The van der Waals surface area contributed by atoms with Crippen LogP contribution in [-0.2, 0) is 17.5 Å². The normalized spacial score (nSPS) is 14.8. The summed E-state index contributed by atoms with van der Waals surface area (Å²) in [7, 11) is 0. The zero-order valence-electron chi connectivity index (χ0n) is 19.2. The topological polar surface area (TPSA) is 106 Å². The first-order chi connectivity index (χ1) is 17.5. The van der Waals surface area contributed by atoms with E-state index in [0.29, 0.717) is 47.4 Å². The minimum atomic E-state index is -4.38. The Labute approximate surface area is 204 Å². The monoisotopic (exact) mass is 499 g/mol. The number of nitrogens with zero attached hydrogens (tertiary/aromatic N) is 7. The number of rotatable bonds is 8. The SMILES string of the molecule is FC(F)(F)c1ccc(Cn2cnc3c(NCCN4CCOCC4)nc(Nc4ccncn4)nc32)cc1. The van der Waals surface area contributed by atoms with Crippen molar-refractivity contribution in [3.8, 4) is 0 Å². The van der Waals surface area contributed by atoms with Crippen molar-refractivity contribution in [1.29, 1.82) is 0 Å². The van der Waals surface area contributed by atoms with Gasteiger partial charge in [-0.25, -0.2) is 15.0 Å². The number of nitrogens with one attached hydrogen (secondary N) is 2. The molecule has 2 N–H and O–H groups in total. The van der Waals surface area contributed by atoms with E-state index in [9.17, 15) is 13.2 Å². The highest BCUT2D eigenvalue weighted by Gasteiger charge is 2.30. The molecule has 1 saturated heterocycles. The molecule has 188 valence electrons. The Kier molecular flexibility index (Phi) is 6.91. The lowest BCUT2D eigenvalue weighted by molar-refractivity contribution is -0.137. The molecule has 4 aromatic rings. The van der Waals surface area contributed by atoms with E-state index in [-0.39, 0.29) is 0 Å². The predicted octanol–water partition coefficient (Wildman–Crippen LogP) is 3.17. The van der Waals surface area contributed by atoms with Crippen LogP contribution in [0, 0.1) is 0 Å². The van der Waals surface area contributed by atoms with Crippen LogP contribution in [0.1, 0.15) is 11.1 Å². The Morgan fingerprint density at radius 1 is 1.00 bits per heavy atom. The van der Waals surface area contributed by atoms with E-state index >= 15 is 0 Å². The van der Waals surface area contributed by atoms with Crippen LogP contribution in [0.5, 0.6) is 0 Å². The van der Waals surface area contributed by atoms with E-state index in [4.69, 9.17) is 4.74 Å². The van der Waals surface area contributed by atoms with Crippen LogP contribution < -0.4 is 10.6 Å². The van der Waals surface area contributed by atoms with Gasteiger partial charge in [0.25, 0.3) is 0 Å². The number of imidazole rings is 1. The van der Waals surface area contributed by atoms with Crippen molar-refractivity contribution in [2.45, 2.75) is 12.7 Å². The van der Waals surface area contributed by atoms with Gasteiger partial charge >= 0.3 is 6.18 Å². The zero-order chi connectivity index (χ0) is 25.0. The van der Waals surface area contributed by atoms with E-state index < -0.39 is 11.7 Å². The summed E-state index contributed by atoms with van der Waals surface area (Å²) in [4.78, 5) is 24.1. The van der Waals surface area contributed by atoms with E-state index in [0.717, 1.165) is 45.0 Å². The number of benzene rings is 1. The summed E-state index contributed by atoms with van der Waals surface area (Å²) in [5.41, 5.74) is 1.10. The highest BCUT2D eigenvalue weighted by molar-refractivity contribution is 5.84. The molecule has 0 amide bonds. The fourth-order valence-corrected chi connectivity index (χ4v) is 3.87. The summed E-state index contributed by atoms with van der Waals surface area (Å²) in [5, 5.41) is 6.43. The highest BCUT2D eigenvalue weighted by Crippen LogP contribution is 2.29. The van der Waals surface area contributed by atoms with Gasteiger partial charge in [0.15, 0.2) is 17.0 Å². The van der Waals surface area contributed by atoms with E-state index in [2.05, 4.69) is 40.5 Å². The van der Waals surface area contributed by atoms with Crippen molar-refractivity contribution in [2.24, 2.45) is 0 Å². The van der Waals surface area contributed by atoms with E-state index in [1.165, 1.54) is 18.5 Å². The lowest BCUT2D eigenvalue weighted by atomic mass is 10.1. The number of alkyl halides is 3. The number of hydrogen-bond donors (Lipinski definition) is 2. The number of anilines is 3. The van der Waals surface area contributed by atoms with Crippen LogP contribution in [0.25, 0.3) is 11.2 Å². The third-order valence-corrected chi connectivity index (χ3v) is 5.74. The molecule has 13 heteroatoms. The summed E-state index contributed by atoms with van der Waals surface area (Å²) in [6, 6.07) is 6.75. The molecule has 5 rings (SSSR count). The van der Waals surface area contributed by atoms with E-state index in [1.807, 2.05) is 0 Å². The molecule has 1 fully saturated rings. The van der Waals surface area contributed by atoms with Crippen LogP contribution in [0.2, 0.25) is 0 Å². The number of fused-ring (bicyclic) bond motifs is 1. The molecule has 0 atom stereocenters. The summed E-state index contributed by atoms with van der Waals surface area (Å²) in [5.74, 6) is 1.39. The Bertz CT molecular complexity index is 1290. The Morgan fingerprint density at radius 2 is 1.81 bits per heavy atom. The number of hydrogen-bond acceptors (Lipinski definition) is 9. The second-order valence-electron chi connectivity index (χ2n) is 8.24. The first kappa shape index (κ1) is 23.9. The second-order valence-corrected chi connectivity index (χ2v) is 8.24. The minimum Gasteiger partial charge on any atom is -0.379 e. The van der Waals surface area contributed by atoms with Gasteiger partial charge < -0.3 is 19.9 Å². The summed E-state index contributed by atoms with van der Waals surface area (Å²) in [6.45, 7) is 4.96. The van der Waals surface area contributed by atoms with Gasteiger partial charge in [-0.15, -0.1) is 0 Å². The lowest BCUT2D eigenvalue weighted by Crippen LogP contribution is -2.39. The fourth-order valence-electron chi connectivity index (χ4n) is 3.87. The van der Waals surface area contributed by atoms with E-state index in [1.54, 1.807) is 23.2 Å². The smallest absolute Gasteiger partial charge is 0.379 e. The van der Waals surface area contributed by atoms with Crippen molar-refractivity contribution in [2.75, 3.05) is 50.0 Å². The van der Waals surface area contributed by atoms with Gasteiger partial charge in [0, 0.05) is 32.4 Å². The van der Waals surface area contributed by atoms with Crippen LogP contribution in [0.15, 0.2) is 49.2 Å². The summed E-state index contributed by atoms with van der Waals surface area (Å²) < 4.78 is 46.0. The third-order valence-electron chi connectivity index (χ3n) is 5.74. The molecular weight excluding hydrogens is 475 g/mol. The zero-order valence-corrected chi connectivity index (χ0v) is 19.2. The van der Waals surface area contributed by atoms with Crippen LogP contribution in [0.4, 0.5) is 30.8 Å². The molecule has 0 radical (unpaired) electrons. The average molecular weight is 500 g/mol. The molecule has 0 saturated carbocycles. The first-order valence-electron chi connectivity index (χ1n) is 11.4. The Morgan fingerprint density at radius 3 is 2.53 bits per heavy atom. The first-order valence-corrected chi connectivity index (χ1v) is 11.4. The molecule has 1 aliphatic rings. The standard InChI is InChI=1S/C23H24F3N9O/c24-23(25,26)17-3-1-16(2-4-17)13-35-15-30-19-20(28-7-8-34-9-11-36-12-10-34)32-22(33-21(19)35)31-18-5-6-27-14-29-18/h1-6,14-15H,7-13H2,(H2,27,28,29,31,32,33). The van der Waals surface area contributed by atoms with Crippen molar-refractivity contribution in [3.63, 3.8) is 0 Å². The molecule has 0 spiro atoms. The van der Waals surface area contributed by atoms with Crippen molar-refractivity contribution in [3.05, 3.63) is 60.3 Å². The number of ether oxygens (including phenoxy) is 1. The number of morpholine rings is 1. The molecule has 0 aliphatic carbocycles. The molecule has 0 unspecified atom stereocenters. The van der Waals surface area contributed by atoms with Gasteiger partial charge in [0.05, 0.1) is 31.6 Å². The molecule has 1 aromatic carbocycles. The van der Waals surface area contributed by atoms with Gasteiger partial charge in [-0.05, 0) is 23.8 Å². The van der Waals surface area contributed by atoms with Crippen LogP contribution >= 0.6 is 0 Å². The number of halogens is 3. The maximum absolute atomic E-state index is 12.9. The van der Waals surface area contributed by atoms with Gasteiger partial charge in [-0.1, -0.05) is 12.1 Å². The molecule has 1 aliphatic heterocycles. The van der Waals surface area contributed by atoms with Crippen LogP contribution in [0.3, 0.4) is 0 Å². The maximum Gasteiger partial charge on any atom is 0.416 e. The van der Waals surface area contributed by atoms with Crippen molar-refractivity contribution >= 4 is 28.7 Å². The molecule has 36 heavy (non-hydrogen) atoms. The van der Waals surface area contributed by atoms with Crippen molar-refractivity contribution < 1.29 is 17.9 Å². The van der Waals surface area contributed by atoms with Gasteiger partial charge in [-0.2, -0.15) is 23.1 Å². The molecule has 3 aromatic heterocycles. The molecule has 0 bridgehead atoms. The number of aromatic nitrogens is 6. The van der Waals surface area contributed by atoms with Gasteiger partial charge in [-0.3, -0.25) is 4.90 Å². The van der Waals surface area contributed by atoms with Gasteiger partial charge in [0.1, 0.15) is 12.1 Å². The molecular formula is C23H24F3N9O. The third kappa shape index (κ3) is 5.69. The minimum absolute atomic E-state index is 0.297. The van der Waals surface area contributed by atoms with Crippen molar-refractivity contribution in [1.82, 2.24) is 34.4 Å². The predicted molar refractivity (Wildman–Crippen MR) is 127 cm³/mol. The Hall–Kier alpha value is -3.84. The molecule has 10 nitrogen and oxygen atoms in total. The van der Waals surface area contributed by atoms with Gasteiger partial charge in [0.2, 0.25) is 5.95 Å². The summed E-state index contributed by atoms with van der Waals surface area (Å²) >= 11 is 0. The molecule has 4 heterocycles. The average Bonchev–Trinajstić information content (AvgIpc) is 3.28. The maximum atomic E-state index is 12.9. The van der Waals surface area contributed by atoms with Crippen LogP contribution in [-0.4, -0.2) is 73.8 Å². The second kappa shape index (κ2) is 10.4. The largest absolute Gasteiger partial charge is 0.416 e.